The minimum Gasteiger partial charge on any atom is -0.350 e. The number of carbonyl (C=O) groups is 2. The minimum atomic E-state index is -0.702. The summed E-state index contributed by atoms with van der Waals surface area (Å²) in [5.74, 6) is -0.0700. The Hall–Kier alpha value is -1.10. The van der Waals surface area contributed by atoms with Crippen LogP contribution in [-0.4, -0.2) is 40.6 Å². The summed E-state index contributed by atoms with van der Waals surface area (Å²) in [6.45, 7) is 9.34. The summed E-state index contributed by atoms with van der Waals surface area (Å²) in [6.07, 6.45) is -0.262. The molecule has 2 aliphatic heterocycles. The summed E-state index contributed by atoms with van der Waals surface area (Å²) < 4.78 is 5.71. The zero-order valence-electron chi connectivity index (χ0n) is 11.0. The lowest BCUT2D eigenvalue weighted by atomic mass is 9.96. The Morgan fingerprint density at radius 2 is 1.94 bits per heavy atom. The lowest BCUT2D eigenvalue weighted by Gasteiger charge is -2.41. The fourth-order valence-electron chi connectivity index (χ4n) is 2.76. The van der Waals surface area contributed by atoms with Crippen molar-refractivity contribution in [2.24, 2.45) is 5.92 Å². The van der Waals surface area contributed by atoms with E-state index in [1.54, 1.807) is 4.90 Å². The van der Waals surface area contributed by atoms with Crippen LogP contribution >= 0.6 is 0 Å². The van der Waals surface area contributed by atoms with Gasteiger partial charge in [0.25, 0.3) is 0 Å². The second-order valence-electron chi connectivity index (χ2n) is 5.65. The van der Waals surface area contributed by atoms with Gasteiger partial charge in [0.15, 0.2) is 0 Å². The molecular formula is C12H20N2O3. The van der Waals surface area contributed by atoms with Gasteiger partial charge in [0.1, 0.15) is 17.8 Å². The number of fused-ring (bicyclic) bond motifs is 1. The number of ether oxygens (including phenoxy) is 1. The van der Waals surface area contributed by atoms with E-state index in [1.807, 2.05) is 34.6 Å². The number of nitrogens with one attached hydrogen (secondary N) is 1. The zero-order valence-corrected chi connectivity index (χ0v) is 11.0. The van der Waals surface area contributed by atoms with E-state index >= 15 is 0 Å². The van der Waals surface area contributed by atoms with Crippen molar-refractivity contribution in [1.82, 2.24) is 10.2 Å². The molecule has 17 heavy (non-hydrogen) atoms. The predicted molar refractivity (Wildman–Crippen MR) is 62.0 cm³/mol. The highest BCUT2D eigenvalue weighted by Crippen LogP contribution is 2.35. The summed E-state index contributed by atoms with van der Waals surface area (Å²) in [5.41, 5.74) is -0.702. The summed E-state index contributed by atoms with van der Waals surface area (Å²) >= 11 is 0. The Balaban J connectivity index is 2.37. The molecule has 3 atom stereocenters. The van der Waals surface area contributed by atoms with Crippen molar-refractivity contribution >= 4 is 11.8 Å². The van der Waals surface area contributed by atoms with Crippen LogP contribution in [-0.2, 0) is 14.3 Å². The van der Waals surface area contributed by atoms with Crippen LogP contribution in [0.3, 0.4) is 0 Å². The van der Waals surface area contributed by atoms with E-state index in [2.05, 4.69) is 5.32 Å². The Labute approximate surface area is 101 Å². The van der Waals surface area contributed by atoms with Crippen molar-refractivity contribution in [3.05, 3.63) is 0 Å². The van der Waals surface area contributed by atoms with Crippen LogP contribution in [0.15, 0.2) is 0 Å². The molecule has 2 amide bonds. The molecule has 5 nitrogen and oxygen atoms in total. The Kier molecular flexibility index (Phi) is 2.69. The first-order valence-electron chi connectivity index (χ1n) is 6.07. The fourth-order valence-corrected chi connectivity index (χ4v) is 2.76. The average Bonchev–Trinajstić information content (AvgIpc) is 2.42. The number of piperazine rings is 1. The molecule has 96 valence electrons. The van der Waals surface area contributed by atoms with E-state index in [0.717, 1.165) is 0 Å². The van der Waals surface area contributed by atoms with E-state index in [-0.39, 0.29) is 23.8 Å². The van der Waals surface area contributed by atoms with Crippen LogP contribution in [0.1, 0.15) is 34.6 Å². The van der Waals surface area contributed by atoms with Crippen LogP contribution < -0.4 is 5.32 Å². The molecule has 2 heterocycles. The van der Waals surface area contributed by atoms with Gasteiger partial charge in [-0.15, -0.1) is 0 Å². The second-order valence-corrected chi connectivity index (χ2v) is 5.65. The first-order valence-corrected chi connectivity index (χ1v) is 6.07. The topological polar surface area (TPSA) is 58.6 Å². The van der Waals surface area contributed by atoms with E-state index in [1.165, 1.54) is 0 Å². The minimum absolute atomic E-state index is 0.0426. The average molecular weight is 240 g/mol. The highest BCUT2D eigenvalue weighted by atomic mass is 16.5. The van der Waals surface area contributed by atoms with Crippen LogP contribution in [0.25, 0.3) is 0 Å². The first-order chi connectivity index (χ1) is 7.75. The van der Waals surface area contributed by atoms with Crippen molar-refractivity contribution in [1.29, 1.82) is 0 Å². The van der Waals surface area contributed by atoms with E-state index < -0.39 is 17.8 Å². The molecule has 2 fully saturated rings. The molecule has 0 saturated carbocycles. The Morgan fingerprint density at radius 1 is 1.35 bits per heavy atom. The lowest BCUT2D eigenvalue weighted by Crippen LogP contribution is -2.67. The Bertz CT molecular complexity index is 365. The van der Waals surface area contributed by atoms with E-state index in [4.69, 9.17) is 4.74 Å². The molecule has 0 unspecified atom stereocenters. The van der Waals surface area contributed by atoms with Gasteiger partial charge in [-0.1, -0.05) is 13.8 Å². The standard InChI is InChI=1S/C12H20N2O3/c1-6(2)8-11(16)14-9(10(15)13-8)7(3)17-12(14,4)5/h6-9H,1-5H3,(H,13,15)/t7-,8+,9+/m1/s1. The van der Waals surface area contributed by atoms with Crippen LogP contribution in [0.4, 0.5) is 0 Å². The molecule has 0 aliphatic carbocycles. The lowest BCUT2D eigenvalue weighted by molar-refractivity contribution is -0.159. The Morgan fingerprint density at radius 3 is 2.47 bits per heavy atom. The molecular weight excluding hydrogens is 220 g/mol. The van der Waals surface area contributed by atoms with Gasteiger partial charge >= 0.3 is 0 Å². The summed E-state index contributed by atoms with van der Waals surface area (Å²) in [5, 5.41) is 2.80. The molecule has 0 bridgehead atoms. The zero-order chi connectivity index (χ0) is 13.0. The normalized spacial score (nSPS) is 36.1. The summed E-state index contributed by atoms with van der Waals surface area (Å²) in [7, 11) is 0. The van der Waals surface area contributed by atoms with Crippen LogP contribution in [0, 0.1) is 5.92 Å². The van der Waals surface area contributed by atoms with Gasteiger partial charge in [-0.25, -0.2) is 0 Å². The second kappa shape index (κ2) is 3.70. The fraction of sp³-hybridized carbons (Fsp3) is 0.833. The highest BCUT2D eigenvalue weighted by molar-refractivity contribution is 5.98. The SMILES string of the molecule is CC(C)[C@@H]1NC(=O)[C@@H]2[C@@H](C)OC(C)(C)N2C1=O. The number of carbonyl (C=O) groups excluding carboxylic acids is 2. The van der Waals surface area contributed by atoms with Gasteiger partial charge < -0.3 is 10.1 Å². The van der Waals surface area contributed by atoms with Crippen molar-refractivity contribution in [3.8, 4) is 0 Å². The van der Waals surface area contributed by atoms with Gasteiger partial charge in [0.05, 0.1) is 6.10 Å². The molecule has 2 aliphatic rings. The smallest absolute Gasteiger partial charge is 0.248 e. The van der Waals surface area contributed by atoms with Crippen LogP contribution in [0.5, 0.6) is 0 Å². The number of rotatable bonds is 1. The number of hydrogen-bond donors (Lipinski definition) is 1. The van der Waals surface area contributed by atoms with Crippen molar-refractivity contribution in [2.75, 3.05) is 0 Å². The summed E-state index contributed by atoms with van der Waals surface area (Å²) in [6, 6.07) is -0.931. The monoisotopic (exact) mass is 240 g/mol. The van der Waals surface area contributed by atoms with Gasteiger partial charge in [0, 0.05) is 0 Å². The molecule has 2 saturated heterocycles. The molecule has 0 aromatic carbocycles. The first kappa shape index (κ1) is 12.4. The predicted octanol–water partition coefficient (Wildman–Crippen LogP) is 0.493. The van der Waals surface area contributed by atoms with Gasteiger partial charge in [0.2, 0.25) is 11.8 Å². The molecule has 0 radical (unpaired) electrons. The maximum Gasteiger partial charge on any atom is 0.248 e. The maximum atomic E-state index is 12.4. The quantitative estimate of drug-likeness (QED) is 0.726. The molecule has 1 N–H and O–H groups in total. The van der Waals surface area contributed by atoms with E-state index in [0.29, 0.717) is 0 Å². The van der Waals surface area contributed by atoms with Crippen molar-refractivity contribution < 1.29 is 14.3 Å². The molecule has 0 aromatic heterocycles. The van der Waals surface area contributed by atoms with E-state index in [9.17, 15) is 9.59 Å². The molecule has 0 spiro atoms. The third-order valence-corrected chi connectivity index (χ3v) is 3.51. The maximum absolute atomic E-state index is 12.4. The van der Waals surface area contributed by atoms with Crippen LogP contribution in [0.2, 0.25) is 0 Å². The van der Waals surface area contributed by atoms with Gasteiger partial charge in [-0.3, -0.25) is 14.5 Å². The number of nitrogens with zero attached hydrogens (tertiary/aromatic N) is 1. The third-order valence-electron chi connectivity index (χ3n) is 3.51. The van der Waals surface area contributed by atoms with Crippen molar-refractivity contribution in [3.63, 3.8) is 0 Å². The molecule has 0 aromatic rings. The van der Waals surface area contributed by atoms with Crippen molar-refractivity contribution in [2.45, 2.75) is 58.5 Å². The number of hydrogen-bond acceptors (Lipinski definition) is 3. The van der Waals surface area contributed by atoms with Gasteiger partial charge in [-0.05, 0) is 26.7 Å². The molecule has 5 heteroatoms. The van der Waals surface area contributed by atoms with Gasteiger partial charge in [-0.2, -0.15) is 0 Å². The highest BCUT2D eigenvalue weighted by Gasteiger charge is 2.56. The molecule has 2 rings (SSSR count). The number of amides is 2. The third kappa shape index (κ3) is 1.73. The summed E-state index contributed by atoms with van der Waals surface area (Å²) in [4.78, 5) is 26.0. The largest absolute Gasteiger partial charge is 0.350 e.